The summed E-state index contributed by atoms with van der Waals surface area (Å²) in [5.74, 6) is -0.236. The number of carbonyl (C=O) groups is 2. The minimum atomic E-state index is -0.211. The van der Waals surface area contributed by atoms with Gasteiger partial charge in [0, 0.05) is 18.4 Å². The first-order chi connectivity index (χ1) is 11.7. The molecular weight excluding hydrogens is 302 g/mol. The summed E-state index contributed by atoms with van der Waals surface area (Å²) >= 11 is 0. The van der Waals surface area contributed by atoms with Gasteiger partial charge in [0.25, 0.3) is 0 Å². The van der Waals surface area contributed by atoms with Gasteiger partial charge in [0.2, 0.25) is 5.91 Å². The quantitative estimate of drug-likeness (QED) is 0.708. The van der Waals surface area contributed by atoms with Crippen LogP contribution in [0.4, 0.5) is 0 Å². The summed E-state index contributed by atoms with van der Waals surface area (Å²) in [7, 11) is 0. The van der Waals surface area contributed by atoms with Crippen LogP contribution >= 0.6 is 0 Å². The van der Waals surface area contributed by atoms with E-state index in [-0.39, 0.29) is 24.5 Å². The van der Waals surface area contributed by atoms with E-state index in [1.165, 1.54) is 5.56 Å². The molecule has 3 aromatic rings. The largest absolute Gasteiger partial charge is 0.294 e. The van der Waals surface area contributed by atoms with Crippen LogP contribution in [-0.2, 0) is 11.2 Å². The molecule has 24 heavy (non-hydrogen) atoms. The number of imidazole rings is 1. The minimum Gasteiger partial charge on any atom is -0.294 e. The summed E-state index contributed by atoms with van der Waals surface area (Å²) in [4.78, 5) is 28.5. The Morgan fingerprint density at radius 3 is 2.54 bits per heavy atom. The van der Waals surface area contributed by atoms with Crippen molar-refractivity contribution in [2.45, 2.75) is 26.2 Å². The first-order valence-electron chi connectivity index (χ1n) is 8.01. The van der Waals surface area contributed by atoms with E-state index in [1.807, 2.05) is 48.5 Å². The van der Waals surface area contributed by atoms with Crippen LogP contribution < -0.4 is 5.43 Å². The summed E-state index contributed by atoms with van der Waals surface area (Å²) in [6.07, 6.45) is 2.83. The fraction of sp³-hybridized carbons (Fsp3) is 0.211. The number of Topliss-reactive ketones (excluding diaryl/α,β-unsaturated/α-hetero) is 1. The second-order valence-electron chi connectivity index (χ2n) is 5.61. The first-order valence-corrected chi connectivity index (χ1v) is 8.01. The molecule has 0 bridgehead atoms. The molecule has 0 radical (unpaired) electrons. The third kappa shape index (κ3) is 3.51. The molecule has 1 amide bonds. The lowest BCUT2D eigenvalue weighted by molar-refractivity contribution is -0.117. The zero-order valence-corrected chi connectivity index (χ0v) is 13.5. The normalized spacial score (nSPS) is 10.7. The van der Waals surface area contributed by atoms with E-state index < -0.39 is 0 Å². The lowest BCUT2D eigenvalue weighted by Gasteiger charge is -2.07. The smallest absolute Gasteiger partial charge is 0.239 e. The number of aromatic nitrogens is 2. The Morgan fingerprint density at radius 2 is 1.79 bits per heavy atom. The van der Waals surface area contributed by atoms with Crippen molar-refractivity contribution in [1.29, 1.82) is 0 Å². The fourth-order valence-corrected chi connectivity index (χ4v) is 2.54. The van der Waals surface area contributed by atoms with Crippen molar-refractivity contribution in [3.63, 3.8) is 0 Å². The molecule has 1 heterocycles. The molecule has 0 spiro atoms. The maximum atomic E-state index is 12.2. The number of carbonyl (C=O) groups excluding carboxylic acids is 2. The molecule has 0 saturated heterocycles. The molecule has 5 nitrogen and oxygen atoms in total. The van der Waals surface area contributed by atoms with Crippen LogP contribution in [0.25, 0.3) is 11.0 Å². The highest BCUT2D eigenvalue weighted by Gasteiger charge is 2.10. The molecule has 0 atom stereocenters. The van der Waals surface area contributed by atoms with Crippen molar-refractivity contribution >= 4 is 22.7 Å². The molecule has 0 saturated carbocycles. The first kappa shape index (κ1) is 15.9. The van der Waals surface area contributed by atoms with Crippen LogP contribution in [0.5, 0.6) is 0 Å². The Labute approximate surface area is 140 Å². The van der Waals surface area contributed by atoms with E-state index in [0.717, 1.165) is 17.5 Å². The predicted octanol–water partition coefficient (Wildman–Crippen LogP) is 3.33. The van der Waals surface area contributed by atoms with E-state index >= 15 is 0 Å². The average molecular weight is 321 g/mol. The van der Waals surface area contributed by atoms with Gasteiger partial charge in [-0.2, -0.15) is 0 Å². The highest BCUT2D eigenvalue weighted by molar-refractivity contribution is 5.99. The fourth-order valence-electron chi connectivity index (χ4n) is 2.54. The van der Waals surface area contributed by atoms with Crippen molar-refractivity contribution in [1.82, 2.24) is 9.66 Å². The Bertz CT molecular complexity index is 866. The standard InChI is InChI=1S/C19H19N3O2/c1-2-14-7-9-15(10-8-14)18(23)11-12-19(24)21-22-13-20-16-5-3-4-6-17(16)22/h3-10,13H,2,11-12H2,1H3,(H,21,24). The summed E-state index contributed by atoms with van der Waals surface area (Å²) in [6, 6.07) is 15.1. The number of para-hydroxylation sites is 2. The van der Waals surface area contributed by atoms with Crippen LogP contribution in [0.1, 0.15) is 35.7 Å². The average Bonchev–Trinajstić information content (AvgIpc) is 3.03. The third-order valence-electron chi connectivity index (χ3n) is 3.96. The van der Waals surface area contributed by atoms with Gasteiger partial charge in [0.1, 0.15) is 6.33 Å². The van der Waals surface area contributed by atoms with Gasteiger partial charge in [-0.25, -0.2) is 9.66 Å². The number of amides is 1. The van der Waals surface area contributed by atoms with Gasteiger partial charge < -0.3 is 0 Å². The molecular formula is C19H19N3O2. The lowest BCUT2D eigenvalue weighted by Crippen LogP contribution is -2.22. The monoisotopic (exact) mass is 321 g/mol. The Balaban J connectivity index is 1.57. The molecule has 0 fully saturated rings. The molecule has 2 aromatic carbocycles. The molecule has 0 aliphatic heterocycles. The number of nitrogens with one attached hydrogen (secondary N) is 1. The van der Waals surface area contributed by atoms with Gasteiger partial charge in [0.15, 0.2) is 5.78 Å². The van der Waals surface area contributed by atoms with Crippen molar-refractivity contribution in [2.24, 2.45) is 0 Å². The number of hydrogen-bond donors (Lipinski definition) is 1. The van der Waals surface area contributed by atoms with Gasteiger partial charge in [-0.15, -0.1) is 0 Å². The van der Waals surface area contributed by atoms with Crippen LogP contribution in [-0.4, -0.2) is 21.4 Å². The minimum absolute atomic E-state index is 0.0247. The van der Waals surface area contributed by atoms with Gasteiger partial charge in [-0.1, -0.05) is 43.3 Å². The number of rotatable bonds is 6. The van der Waals surface area contributed by atoms with E-state index in [2.05, 4.69) is 17.3 Å². The molecule has 5 heteroatoms. The zero-order chi connectivity index (χ0) is 16.9. The van der Waals surface area contributed by atoms with Crippen LogP contribution in [0.15, 0.2) is 54.9 Å². The SMILES string of the molecule is CCc1ccc(C(=O)CCC(=O)Nn2cnc3ccccc32)cc1. The number of fused-ring (bicyclic) bond motifs is 1. The number of nitrogens with zero attached hydrogens (tertiary/aromatic N) is 2. The number of aryl methyl sites for hydroxylation is 1. The molecule has 0 unspecified atom stereocenters. The van der Waals surface area contributed by atoms with Crippen LogP contribution in [0, 0.1) is 0 Å². The van der Waals surface area contributed by atoms with Gasteiger partial charge >= 0.3 is 0 Å². The molecule has 1 aromatic heterocycles. The second kappa shape index (κ2) is 7.08. The van der Waals surface area contributed by atoms with Crippen molar-refractivity contribution < 1.29 is 9.59 Å². The number of hydrogen-bond acceptors (Lipinski definition) is 3. The zero-order valence-electron chi connectivity index (χ0n) is 13.5. The topological polar surface area (TPSA) is 64.0 Å². The maximum Gasteiger partial charge on any atom is 0.239 e. The van der Waals surface area contributed by atoms with Gasteiger partial charge in [0.05, 0.1) is 11.0 Å². The van der Waals surface area contributed by atoms with Crippen LogP contribution in [0.3, 0.4) is 0 Å². The van der Waals surface area contributed by atoms with Crippen molar-refractivity contribution in [2.75, 3.05) is 5.43 Å². The van der Waals surface area contributed by atoms with Crippen LogP contribution in [0.2, 0.25) is 0 Å². The Kier molecular flexibility index (Phi) is 4.70. The molecule has 0 aliphatic rings. The second-order valence-corrected chi connectivity index (χ2v) is 5.61. The molecule has 0 aliphatic carbocycles. The van der Waals surface area contributed by atoms with Gasteiger partial charge in [-0.3, -0.25) is 15.0 Å². The Morgan fingerprint density at radius 1 is 1.04 bits per heavy atom. The summed E-state index contributed by atoms with van der Waals surface area (Å²) < 4.78 is 1.58. The maximum absolute atomic E-state index is 12.2. The highest BCUT2D eigenvalue weighted by atomic mass is 16.2. The van der Waals surface area contributed by atoms with Crippen molar-refractivity contribution in [3.05, 3.63) is 66.0 Å². The van der Waals surface area contributed by atoms with E-state index in [0.29, 0.717) is 5.56 Å². The lowest BCUT2D eigenvalue weighted by atomic mass is 10.0. The predicted molar refractivity (Wildman–Crippen MR) is 93.5 cm³/mol. The number of ketones is 1. The Hall–Kier alpha value is -2.95. The van der Waals surface area contributed by atoms with E-state index in [9.17, 15) is 9.59 Å². The molecule has 122 valence electrons. The summed E-state index contributed by atoms with van der Waals surface area (Å²) in [6.45, 7) is 2.07. The van der Waals surface area contributed by atoms with E-state index in [4.69, 9.17) is 0 Å². The summed E-state index contributed by atoms with van der Waals surface area (Å²) in [5, 5.41) is 0. The molecule has 3 rings (SSSR count). The number of benzene rings is 2. The highest BCUT2D eigenvalue weighted by Crippen LogP contribution is 2.11. The summed E-state index contributed by atoms with van der Waals surface area (Å²) in [5.41, 5.74) is 6.23. The van der Waals surface area contributed by atoms with Crippen molar-refractivity contribution in [3.8, 4) is 0 Å². The third-order valence-corrected chi connectivity index (χ3v) is 3.96. The van der Waals surface area contributed by atoms with Gasteiger partial charge in [-0.05, 0) is 24.1 Å². The van der Waals surface area contributed by atoms with E-state index in [1.54, 1.807) is 11.0 Å². The molecule has 1 N–H and O–H groups in total.